The molecule has 0 N–H and O–H groups in total. The highest BCUT2D eigenvalue weighted by atomic mass is 16.5. The zero-order valence-corrected chi connectivity index (χ0v) is 15.3. The molecule has 26 heavy (non-hydrogen) atoms. The summed E-state index contributed by atoms with van der Waals surface area (Å²) in [4.78, 5) is 17.5. The SMILES string of the molecule is COc1cn(-c2ccccc2)nc1C(=O)N1CCN(C2CCCC2)CC1. The van der Waals surface area contributed by atoms with E-state index in [1.807, 2.05) is 35.2 Å². The van der Waals surface area contributed by atoms with E-state index in [4.69, 9.17) is 4.74 Å². The second-order valence-electron chi connectivity index (χ2n) is 7.09. The fraction of sp³-hybridized carbons (Fsp3) is 0.500. The minimum Gasteiger partial charge on any atom is -0.493 e. The van der Waals surface area contributed by atoms with Crippen molar-refractivity contribution in [3.05, 3.63) is 42.2 Å². The molecule has 0 bridgehead atoms. The molecule has 0 spiro atoms. The Bertz CT molecular complexity index is 744. The molecule has 2 fully saturated rings. The Labute approximate surface area is 154 Å². The van der Waals surface area contributed by atoms with Crippen molar-refractivity contribution < 1.29 is 9.53 Å². The van der Waals surface area contributed by atoms with Crippen LogP contribution in [0, 0.1) is 0 Å². The third-order valence-corrected chi connectivity index (χ3v) is 5.57. The van der Waals surface area contributed by atoms with Crippen molar-refractivity contribution in [1.29, 1.82) is 0 Å². The number of benzene rings is 1. The highest BCUT2D eigenvalue weighted by Gasteiger charge is 2.30. The average molecular weight is 354 g/mol. The van der Waals surface area contributed by atoms with E-state index in [2.05, 4.69) is 10.00 Å². The van der Waals surface area contributed by atoms with Crippen LogP contribution in [0.1, 0.15) is 36.2 Å². The number of methoxy groups -OCH3 is 1. The lowest BCUT2D eigenvalue weighted by atomic mass is 10.1. The van der Waals surface area contributed by atoms with Crippen LogP contribution in [0.15, 0.2) is 36.5 Å². The topological polar surface area (TPSA) is 50.6 Å². The van der Waals surface area contributed by atoms with Gasteiger partial charge in [-0.2, -0.15) is 5.10 Å². The van der Waals surface area contributed by atoms with Gasteiger partial charge in [-0.15, -0.1) is 0 Å². The van der Waals surface area contributed by atoms with Gasteiger partial charge < -0.3 is 9.64 Å². The van der Waals surface area contributed by atoms with Crippen LogP contribution >= 0.6 is 0 Å². The molecule has 1 aliphatic carbocycles. The van der Waals surface area contributed by atoms with Crippen LogP contribution in [0.3, 0.4) is 0 Å². The third-order valence-electron chi connectivity index (χ3n) is 5.57. The molecule has 2 aliphatic rings. The summed E-state index contributed by atoms with van der Waals surface area (Å²) in [5.41, 5.74) is 1.31. The largest absolute Gasteiger partial charge is 0.493 e. The van der Waals surface area contributed by atoms with Crippen LogP contribution < -0.4 is 4.74 Å². The number of amides is 1. The minimum atomic E-state index is -0.0393. The van der Waals surface area contributed by atoms with Gasteiger partial charge in [0, 0.05) is 32.2 Å². The van der Waals surface area contributed by atoms with Gasteiger partial charge >= 0.3 is 0 Å². The molecule has 6 nitrogen and oxygen atoms in total. The average Bonchev–Trinajstić information content (AvgIpc) is 3.38. The molecule has 1 saturated heterocycles. The molecule has 138 valence electrons. The predicted molar refractivity (Wildman–Crippen MR) is 99.8 cm³/mol. The first kappa shape index (κ1) is 17.1. The van der Waals surface area contributed by atoms with Crippen molar-refractivity contribution >= 4 is 5.91 Å². The maximum atomic E-state index is 13.0. The summed E-state index contributed by atoms with van der Waals surface area (Å²) < 4.78 is 7.13. The van der Waals surface area contributed by atoms with Crippen molar-refractivity contribution in [2.24, 2.45) is 0 Å². The zero-order chi connectivity index (χ0) is 17.9. The highest BCUT2D eigenvalue weighted by Crippen LogP contribution is 2.26. The first-order valence-corrected chi connectivity index (χ1v) is 9.48. The summed E-state index contributed by atoms with van der Waals surface area (Å²) >= 11 is 0. The fourth-order valence-electron chi connectivity index (χ4n) is 4.08. The van der Waals surface area contributed by atoms with E-state index in [1.54, 1.807) is 18.0 Å². The Balaban J connectivity index is 1.47. The molecule has 2 aromatic rings. The van der Waals surface area contributed by atoms with E-state index in [1.165, 1.54) is 25.7 Å². The van der Waals surface area contributed by atoms with Gasteiger partial charge in [0.2, 0.25) is 0 Å². The van der Waals surface area contributed by atoms with Crippen LogP contribution in [-0.4, -0.2) is 64.8 Å². The molecule has 1 aromatic heterocycles. The molecule has 0 unspecified atom stereocenters. The molecule has 0 radical (unpaired) electrons. The molecule has 1 aromatic carbocycles. The van der Waals surface area contributed by atoms with Crippen molar-refractivity contribution in [2.45, 2.75) is 31.7 Å². The Morgan fingerprint density at radius 3 is 2.42 bits per heavy atom. The van der Waals surface area contributed by atoms with Crippen molar-refractivity contribution in [2.75, 3.05) is 33.3 Å². The molecule has 1 aliphatic heterocycles. The normalized spacial score (nSPS) is 19.0. The van der Waals surface area contributed by atoms with E-state index in [0.29, 0.717) is 11.4 Å². The van der Waals surface area contributed by atoms with Gasteiger partial charge in [-0.1, -0.05) is 31.0 Å². The maximum Gasteiger partial charge on any atom is 0.278 e. The number of aromatic nitrogens is 2. The third kappa shape index (κ3) is 3.33. The summed E-state index contributed by atoms with van der Waals surface area (Å²) in [6, 6.07) is 10.5. The molecule has 6 heteroatoms. The maximum absolute atomic E-state index is 13.0. The molecule has 1 amide bonds. The highest BCUT2D eigenvalue weighted by molar-refractivity contribution is 5.95. The number of ether oxygens (including phenoxy) is 1. The lowest BCUT2D eigenvalue weighted by molar-refractivity contribution is 0.0564. The molecule has 4 rings (SSSR count). The van der Waals surface area contributed by atoms with Gasteiger partial charge in [0.05, 0.1) is 19.0 Å². The van der Waals surface area contributed by atoms with E-state index < -0.39 is 0 Å². The predicted octanol–water partition coefficient (Wildman–Crippen LogP) is 2.58. The number of nitrogens with zero attached hydrogens (tertiary/aromatic N) is 4. The van der Waals surface area contributed by atoms with Crippen LogP contribution in [-0.2, 0) is 0 Å². The van der Waals surface area contributed by atoms with Crippen LogP contribution in [0.5, 0.6) is 5.75 Å². The number of hydrogen-bond acceptors (Lipinski definition) is 4. The van der Waals surface area contributed by atoms with Crippen LogP contribution in [0.25, 0.3) is 5.69 Å². The number of carbonyl (C=O) groups is 1. The monoisotopic (exact) mass is 354 g/mol. The molecule has 0 atom stereocenters. The number of para-hydroxylation sites is 1. The van der Waals surface area contributed by atoms with E-state index in [9.17, 15) is 4.79 Å². The first-order chi connectivity index (χ1) is 12.8. The van der Waals surface area contributed by atoms with Crippen LogP contribution in [0.4, 0.5) is 0 Å². The summed E-state index contributed by atoms with van der Waals surface area (Å²) in [6.07, 6.45) is 7.08. The van der Waals surface area contributed by atoms with Gasteiger partial charge in [-0.05, 0) is 25.0 Å². The molecule has 2 heterocycles. The van der Waals surface area contributed by atoms with E-state index in [0.717, 1.165) is 37.9 Å². The first-order valence-electron chi connectivity index (χ1n) is 9.48. The summed E-state index contributed by atoms with van der Waals surface area (Å²) in [7, 11) is 1.58. The quantitative estimate of drug-likeness (QED) is 0.847. The Morgan fingerprint density at radius 1 is 1.08 bits per heavy atom. The van der Waals surface area contributed by atoms with E-state index >= 15 is 0 Å². The standard InChI is InChI=1S/C20H26N4O2/c1-26-18-15-24(17-9-3-2-4-10-17)21-19(18)20(25)23-13-11-22(12-14-23)16-7-5-6-8-16/h2-4,9-10,15-16H,5-8,11-14H2,1H3. The number of rotatable bonds is 4. The van der Waals surface area contributed by atoms with Gasteiger partial charge in [0.25, 0.3) is 5.91 Å². The second kappa shape index (κ2) is 7.50. The van der Waals surface area contributed by atoms with Gasteiger partial charge in [0.15, 0.2) is 11.4 Å². The lowest BCUT2D eigenvalue weighted by Crippen LogP contribution is -2.51. The summed E-state index contributed by atoms with van der Waals surface area (Å²) in [6.45, 7) is 3.43. The fourth-order valence-corrected chi connectivity index (χ4v) is 4.08. The van der Waals surface area contributed by atoms with Gasteiger partial charge in [-0.25, -0.2) is 4.68 Å². The van der Waals surface area contributed by atoms with Crippen molar-refractivity contribution in [3.8, 4) is 11.4 Å². The molecular formula is C20H26N4O2. The Hall–Kier alpha value is -2.34. The van der Waals surface area contributed by atoms with E-state index in [-0.39, 0.29) is 5.91 Å². The molecule has 1 saturated carbocycles. The number of piperazine rings is 1. The zero-order valence-electron chi connectivity index (χ0n) is 15.3. The second-order valence-corrected chi connectivity index (χ2v) is 7.09. The Morgan fingerprint density at radius 2 is 1.77 bits per heavy atom. The number of hydrogen-bond donors (Lipinski definition) is 0. The molecular weight excluding hydrogens is 328 g/mol. The summed E-state index contributed by atoms with van der Waals surface area (Å²) in [5.74, 6) is 0.486. The van der Waals surface area contributed by atoms with Gasteiger partial charge in [-0.3, -0.25) is 9.69 Å². The summed E-state index contributed by atoms with van der Waals surface area (Å²) in [5, 5.41) is 4.51. The van der Waals surface area contributed by atoms with Crippen molar-refractivity contribution in [1.82, 2.24) is 19.6 Å². The minimum absolute atomic E-state index is 0.0393. The smallest absolute Gasteiger partial charge is 0.278 e. The Kier molecular flexibility index (Phi) is 4.93. The van der Waals surface area contributed by atoms with Gasteiger partial charge in [0.1, 0.15) is 0 Å². The number of carbonyl (C=O) groups excluding carboxylic acids is 1. The van der Waals surface area contributed by atoms with Crippen LogP contribution in [0.2, 0.25) is 0 Å². The lowest BCUT2D eigenvalue weighted by Gasteiger charge is -2.37. The van der Waals surface area contributed by atoms with Crippen molar-refractivity contribution in [3.63, 3.8) is 0 Å².